The van der Waals surface area contributed by atoms with Gasteiger partial charge in [0.15, 0.2) is 0 Å². The van der Waals surface area contributed by atoms with E-state index in [1.165, 1.54) is 25.8 Å². The first-order valence-corrected chi connectivity index (χ1v) is 6.47. The summed E-state index contributed by atoms with van der Waals surface area (Å²) >= 11 is 0. The Morgan fingerprint density at radius 1 is 1.40 bits per heavy atom. The van der Waals surface area contributed by atoms with Gasteiger partial charge in [0, 0.05) is 19.1 Å². The van der Waals surface area contributed by atoms with Gasteiger partial charge in [-0.05, 0) is 37.1 Å². The van der Waals surface area contributed by atoms with E-state index in [2.05, 4.69) is 38.3 Å². The number of piperidine rings is 1. The van der Waals surface area contributed by atoms with Crippen LogP contribution < -0.4 is 10.6 Å². The van der Waals surface area contributed by atoms with Crippen molar-refractivity contribution < 1.29 is 0 Å². The molecular weight excluding hydrogens is 184 g/mol. The van der Waals surface area contributed by atoms with Gasteiger partial charge in [0.1, 0.15) is 0 Å². The van der Waals surface area contributed by atoms with Gasteiger partial charge in [0.25, 0.3) is 0 Å². The summed E-state index contributed by atoms with van der Waals surface area (Å²) in [5.41, 5.74) is 0.445. The lowest BCUT2D eigenvalue weighted by Crippen LogP contribution is -2.45. The lowest BCUT2D eigenvalue weighted by atomic mass is 9.90. The highest BCUT2D eigenvalue weighted by Crippen LogP contribution is 2.18. The molecule has 0 radical (unpaired) electrons. The fourth-order valence-electron chi connectivity index (χ4n) is 2.09. The van der Waals surface area contributed by atoms with Crippen molar-refractivity contribution in [2.45, 2.75) is 53.0 Å². The third-order valence-corrected chi connectivity index (χ3v) is 3.71. The van der Waals surface area contributed by atoms with Gasteiger partial charge in [0.05, 0.1) is 0 Å². The molecule has 0 spiro atoms. The number of nitrogens with one attached hydrogen (secondary N) is 2. The Bertz CT molecular complexity index is 177. The second-order valence-corrected chi connectivity index (χ2v) is 5.93. The number of hydrogen-bond acceptors (Lipinski definition) is 2. The molecule has 1 heterocycles. The van der Waals surface area contributed by atoms with E-state index in [4.69, 9.17) is 0 Å². The lowest BCUT2D eigenvalue weighted by molar-refractivity contribution is 0.282. The van der Waals surface area contributed by atoms with Crippen molar-refractivity contribution >= 4 is 0 Å². The standard InChI is InChI=1S/C13H28N2/c1-5-13(3,4)10-14-9-12-8-11(2)6-7-15-12/h11-12,14-15H,5-10H2,1-4H3. The monoisotopic (exact) mass is 212 g/mol. The zero-order valence-corrected chi connectivity index (χ0v) is 10.9. The quantitative estimate of drug-likeness (QED) is 0.731. The summed E-state index contributed by atoms with van der Waals surface area (Å²) < 4.78 is 0. The summed E-state index contributed by atoms with van der Waals surface area (Å²) in [6, 6.07) is 0.696. The van der Waals surface area contributed by atoms with Crippen LogP contribution in [0.5, 0.6) is 0 Å². The second kappa shape index (κ2) is 5.86. The highest BCUT2D eigenvalue weighted by molar-refractivity contribution is 4.79. The fourth-order valence-corrected chi connectivity index (χ4v) is 2.09. The Balaban J connectivity index is 2.14. The molecule has 1 aliphatic rings. The highest BCUT2D eigenvalue weighted by atomic mass is 15.0. The summed E-state index contributed by atoms with van der Waals surface area (Å²) in [6.07, 6.45) is 3.92. The van der Waals surface area contributed by atoms with E-state index < -0.39 is 0 Å². The molecule has 1 aliphatic heterocycles. The average molecular weight is 212 g/mol. The lowest BCUT2D eigenvalue weighted by Gasteiger charge is -2.30. The van der Waals surface area contributed by atoms with Gasteiger partial charge >= 0.3 is 0 Å². The van der Waals surface area contributed by atoms with Gasteiger partial charge in [-0.3, -0.25) is 0 Å². The van der Waals surface area contributed by atoms with E-state index in [1.54, 1.807) is 0 Å². The van der Waals surface area contributed by atoms with Crippen LogP contribution in [-0.2, 0) is 0 Å². The number of rotatable bonds is 5. The summed E-state index contributed by atoms with van der Waals surface area (Å²) in [6.45, 7) is 12.8. The largest absolute Gasteiger partial charge is 0.315 e. The minimum absolute atomic E-state index is 0.445. The molecule has 2 atom stereocenters. The van der Waals surface area contributed by atoms with Crippen molar-refractivity contribution in [3.05, 3.63) is 0 Å². The van der Waals surface area contributed by atoms with Gasteiger partial charge in [0.2, 0.25) is 0 Å². The zero-order chi connectivity index (χ0) is 11.3. The Labute approximate surface area is 95.2 Å². The molecule has 0 bridgehead atoms. The first kappa shape index (κ1) is 13.0. The maximum absolute atomic E-state index is 3.60. The van der Waals surface area contributed by atoms with E-state index >= 15 is 0 Å². The predicted molar refractivity (Wildman–Crippen MR) is 67.1 cm³/mol. The minimum atomic E-state index is 0.445. The third-order valence-electron chi connectivity index (χ3n) is 3.71. The second-order valence-electron chi connectivity index (χ2n) is 5.93. The van der Waals surface area contributed by atoms with Crippen LogP contribution in [0.4, 0.5) is 0 Å². The molecular formula is C13H28N2. The topological polar surface area (TPSA) is 24.1 Å². The van der Waals surface area contributed by atoms with E-state index in [1.807, 2.05) is 0 Å². The predicted octanol–water partition coefficient (Wildman–Crippen LogP) is 2.40. The molecule has 1 saturated heterocycles. The molecule has 0 aliphatic carbocycles. The summed E-state index contributed by atoms with van der Waals surface area (Å²) in [7, 11) is 0. The Morgan fingerprint density at radius 2 is 2.13 bits per heavy atom. The summed E-state index contributed by atoms with van der Waals surface area (Å²) in [5, 5.41) is 7.20. The molecule has 90 valence electrons. The normalized spacial score (nSPS) is 28.0. The van der Waals surface area contributed by atoms with Crippen molar-refractivity contribution in [2.24, 2.45) is 11.3 Å². The molecule has 2 heteroatoms. The van der Waals surface area contributed by atoms with Crippen molar-refractivity contribution in [2.75, 3.05) is 19.6 Å². The van der Waals surface area contributed by atoms with Crippen LogP contribution in [0.2, 0.25) is 0 Å². The smallest absolute Gasteiger partial charge is 0.0195 e. The maximum Gasteiger partial charge on any atom is 0.0195 e. The SMILES string of the molecule is CCC(C)(C)CNCC1CC(C)CCN1. The molecule has 1 rings (SSSR count). The Kier molecular flexibility index (Phi) is 5.07. The van der Waals surface area contributed by atoms with Crippen LogP contribution in [0, 0.1) is 11.3 Å². The fraction of sp³-hybridized carbons (Fsp3) is 1.00. The highest BCUT2D eigenvalue weighted by Gasteiger charge is 2.19. The van der Waals surface area contributed by atoms with E-state index in [9.17, 15) is 0 Å². The van der Waals surface area contributed by atoms with Crippen LogP contribution in [-0.4, -0.2) is 25.7 Å². The van der Waals surface area contributed by atoms with Crippen molar-refractivity contribution in [1.29, 1.82) is 0 Å². The molecule has 0 aromatic heterocycles. The van der Waals surface area contributed by atoms with E-state index in [-0.39, 0.29) is 0 Å². The van der Waals surface area contributed by atoms with Gasteiger partial charge in [-0.25, -0.2) is 0 Å². The summed E-state index contributed by atoms with van der Waals surface area (Å²) in [4.78, 5) is 0. The van der Waals surface area contributed by atoms with Crippen LogP contribution in [0.1, 0.15) is 47.0 Å². The van der Waals surface area contributed by atoms with E-state index in [0.29, 0.717) is 11.5 Å². The molecule has 2 unspecified atom stereocenters. The van der Waals surface area contributed by atoms with Crippen molar-refractivity contribution in [3.63, 3.8) is 0 Å². The van der Waals surface area contributed by atoms with Crippen LogP contribution in [0.3, 0.4) is 0 Å². The molecule has 0 amide bonds. The first-order valence-electron chi connectivity index (χ1n) is 6.47. The van der Waals surface area contributed by atoms with Gasteiger partial charge in [-0.2, -0.15) is 0 Å². The van der Waals surface area contributed by atoms with Crippen LogP contribution in [0.25, 0.3) is 0 Å². The van der Waals surface area contributed by atoms with Gasteiger partial charge in [-0.15, -0.1) is 0 Å². The van der Waals surface area contributed by atoms with Gasteiger partial charge in [-0.1, -0.05) is 27.7 Å². The first-order chi connectivity index (χ1) is 7.03. The molecule has 15 heavy (non-hydrogen) atoms. The number of hydrogen-bond donors (Lipinski definition) is 2. The van der Waals surface area contributed by atoms with E-state index in [0.717, 1.165) is 19.0 Å². The zero-order valence-electron chi connectivity index (χ0n) is 10.9. The minimum Gasteiger partial charge on any atom is -0.315 e. The average Bonchev–Trinajstić information content (AvgIpc) is 2.18. The van der Waals surface area contributed by atoms with Gasteiger partial charge < -0.3 is 10.6 Å². The molecule has 0 saturated carbocycles. The van der Waals surface area contributed by atoms with Crippen molar-refractivity contribution in [1.82, 2.24) is 10.6 Å². The molecule has 0 aromatic rings. The van der Waals surface area contributed by atoms with Crippen LogP contribution >= 0.6 is 0 Å². The van der Waals surface area contributed by atoms with Crippen LogP contribution in [0.15, 0.2) is 0 Å². The molecule has 2 nitrogen and oxygen atoms in total. The summed E-state index contributed by atoms with van der Waals surface area (Å²) in [5.74, 6) is 0.900. The van der Waals surface area contributed by atoms with Crippen molar-refractivity contribution in [3.8, 4) is 0 Å². The third kappa shape index (κ3) is 4.98. The maximum atomic E-state index is 3.60. The molecule has 2 N–H and O–H groups in total. The Morgan fingerprint density at radius 3 is 2.73 bits per heavy atom. The Hall–Kier alpha value is -0.0800. The molecule has 1 fully saturated rings. The molecule has 0 aromatic carbocycles.